The second-order valence-corrected chi connectivity index (χ2v) is 7.69. The zero-order valence-corrected chi connectivity index (χ0v) is 18.2. The van der Waals surface area contributed by atoms with Crippen molar-refractivity contribution in [3.63, 3.8) is 0 Å². The molecule has 0 spiro atoms. The van der Waals surface area contributed by atoms with Crippen LogP contribution in [0.5, 0.6) is 5.75 Å². The van der Waals surface area contributed by atoms with Crippen molar-refractivity contribution in [2.75, 3.05) is 18.2 Å². The zero-order chi connectivity index (χ0) is 22.9. The van der Waals surface area contributed by atoms with E-state index in [1.165, 1.54) is 18.3 Å². The molecule has 0 saturated carbocycles. The summed E-state index contributed by atoms with van der Waals surface area (Å²) < 4.78 is 19.7. The van der Waals surface area contributed by atoms with Gasteiger partial charge in [0.25, 0.3) is 0 Å². The summed E-state index contributed by atoms with van der Waals surface area (Å²) in [6.07, 6.45) is 1.47. The van der Waals surface area contributed by atoms with Crippen molar-refractivity contribution in [1.29, 1.82) is 0 Å². The molecule has 3 N–H and O–H groups in total. The number of hydrogen-bond acceptors (Lipinski definition) is 6. The molecule has 0 atom stereocenters. The molecule has 1 heterocycles. The number of anilines is 1. The van der Waals surface area contributed by atoms with Crippen LogP contribution in [0.25, 0.3) is 0 Å². The molecule has 0 fully saturated rings. The Morgan fingerprint density at radius 1 is 1.19 bits per heavy atom. The molecular weight excluding hydrogens is 435 g/mol. The second kappa shape index (κ2) is 11.3. The van der Waals surface area contributed by atoms with E-state index in [0.29, 0.717) is 22.3 Å². The summed E-state index contributed by atoms with van der Waals surface area (Å²) in [4.78, 5) is 28.9. The first-order valence-corrected chi connectivity index (χ1v) is 10.7. The van der Waals surface area contributed by atoms with Crippen LogP contribution in [-0.2, 0) is 29.3 Å². The molecular formula is C22H23FN4O4S. The monoisotopic (exact) mass is 458 g/mol. The average Bonchev–Trinajstić information content (AvgIpc) is 3.18. The number of rotatable bonds is 10. The quantitative estimate of drug-likeness (QED) is 0.404. The van der Waals surface area contributed by atoms with E-state index in [0.717, 1.165) is 17.3 Å². The van der Waals surface area contributed by atoms with Gasteiger partial charge in [-0.1, -0.05) is 30.0 Å². The van der Waals surface area contributed by atoms with Gasteiger partial charge in [-0.2, -0.15) is 0 Å². The fourth-order valence-electron chi connectivity index (χ4n) is 2.83. The van der Waals surface area contributed by atoms with Gasteiger partial charge in [-0.3, -0.25) is 9.59 Å². The maximum atomic E-state index is 13.0. The number of nitrogens with zero attached hydrogens (tertiary/aromatic N) is 2. The summed E-state index contributed by atoms with van der Waals surface area (Å²) >= 11 is 1.15. The van der Waals surface area contributed by atoms with Crippen molar-refractivity contribution in [1.82, 2.24) is 14.9 Å². The predicted octanol–water partition coefficient (Wildman–Crippen LogP) is 2.57. The zero-order valence-electron chi connectivity index (χ0n) is 17.4. The highest BCUT2D eigenvalue weighted by atomic mass is 32.2. The number of benzene rings is 2. The van der Waals surface area contributed by atoms with Crippen LogP contribution in [0.15, 0.2) is 59.9 Å². The normalized spacial score (nSPS) is 10.6. The van der Waals surface area contributed by atoms with Crippen molar-refractivity contribution < 1.29 is 23.8 Å². The van der Waals surface area contributed by atoms with Crippen molar-refractivity contribution in [3.05, 3.63) is 71.8 Å². The smallest absolute Gasteiger partial charge is 0.240 e. The van der Waals surface area contributed by atoms with Crippen LogP contribution in [0, 0.1) is 5.82 Å². The number of carbonyl (C=O) groups excluding carboxylic acids is 2. The number of aliphatic hydroxyl groups excluding tert-OH is 1. The molecule has 0 aliphatic heterocycles. The second-order valence-electron chi connectivity index (χ2n) is 6.75. The maximum Gasteiger partial charge on any atom is 0.240 e. The Balaban J connectivity index is 1.56. The third kappa shape index (κ3) is 6.56. The lowest BCUT2D eigenvalue weighted by Crippen LogP contribution is -2.28. The standard InChI is InChI=1S/C22H23FN4O4S/c1-31-19-4-2-3-17(9-19)26-21(30)14-32-22-25-11-18(13-28)27(22)12-20(29)24-10-15-5-7-16(23)8-6-15/h2-9,11,28H,10,12-14H2,1H3,(H,24,29)(H,26,30). The molecule has 10 heteroatoms. The molecule has 0 radical (unpaired) electrons. The minimum absolute atomic E-state index is 0.0658. The van der Waals surface area contributed by atoms with E-state index in [9.17, 15) is 19.1 Å². The lowest BCUT2D eigenvalue weighted by molar-refractivity contribution is -0.122. The van der Waals surface area contributed by atoms with Gasteiger partial charge in [0, 0.05) is 18.3 Å². The predicted molar refractivity (Wildman–Crippen MR) is 119 cm³/mol. The largest absolute Gasteiger partial charge is 0.497 e. The SMILES string of the molecule is COc1cccc(NC(=O)CSc2ncc(CO)n2CC(=O)NCc2ccc(F)cc2)c1. The summed E-state index contributed by atoms with van der Waals surface area (Å²) in [7, 11) is 1.55. The highest BCUT2D eigenvalue weighted by Gasteiger charge is 2.15. The minimum Gasteiger partial charge on any atom is -0.497 e. The van der Waals surface area contributed by atoms with Gasteiger partial charge in [-0.05, 0) is 29.8 Å². The van der Waals surface area contributed by atoms with Crippen LogP contribution >= 0.6 is 11.8 Å². The Kier molecular flexibility index (Phi) is 8.23. The highest BCUT2D eigenvalue weighted by molar-refractivity contribution is 7.99. The van der Waals surface area contributed by atoms with Crippen LogP contribution in [0.2, 0.25) is 0 Å². The number of imidazole rings is 1. The van der Waals surface area contributed by atoms with Crippen LogP contribution in [0.4, 0.5) is 10.1 Å². The van der Waals surface area contributed by atoms with Crippen LogP contribution in [0.1, 0.15) is 11.3 Å². The Hall–Kier alpha value is -3.37. The number of amides is 2. The van der Waals surface area contributed by atoms with Gasteiger partial charge in [0.05, 0.1) is 31.4 Å². The van der Waals surface area contributed by atoms with Crippen molar-refractivity contribution in [3.8, 4) is 5.75 Å². The molecule has 0 saturated heterocycles. The molecule has 0 aliphatic rings. The Labute approximate surface area is 188 Å². The number of hydrogen-bond donors (Lipinski definition) is 3. The van der Waals surface area contributed by atoms with E-state index in [4.69, 9.17) is 4.74 Å². The van der Waals surface area contributed by atoms with E-state index in [1.54, 1.807) is 48.1 Å². The summed E-state index contributed by atoms with van der Waals surface area (Å²) in [5.74, 6) is -0.196. The first-order chi connectivity index (χ1) is 15.5. The third-order valence-electron chi connectivity index (χ3n) is 4.45. The van der Waals surface area contributed by atoms with Crippen LogP contribution in [-0.4, -0.2) is 39.3 Å². The van der Waals surface area contributed by atoms with E-state index >= 15 is 0 Å². The Morgan fingerprint density at radius 3 is 2.69 bits per heavy atom. The lowest BCUT2D eigenvalue weighted by Gasteiger charge is -2.11. The maximum absolute atomic E-state index is 13.0. The molecule has 3 rings (SSSR count). The van der Waals surface area contributed by atoms with Gasteiger partial charge in [-0.15, -0.1) is 0 Å². The van der Waals surface area contributed by atoms with Gasteiger partial charge in [0.1, 0.15) is 18.1 Å². The van der Waals surface area contributed by atoms with Crippen LogP contribution in [0.3, 0.4) is 0 Å². The lowest BCUT2D eigenvalue weighted by atomic mass is 10.2. The number of nitrogens with one attached hydrogen (secondary N) is 2. The van der Waals surface area contributed by atoms with Crippen molar-refractivity contribution >= 4 is 29.3 Å². The molecule has 2 amide bonds. The van der Waals surface area contributed by atoms with Gasteiger partial charge >= 0.3 is 0 Å². The Bertz CT molecular complexity index is 1070. The molecule has 2 aromatic carbocycles. The summed E-state index contributed by atoms with van der Waals surface area (Å²) in [6, 6.07) is 12.8. The first-order valence-electron chi connectivity index (χ1n) is 9.71. The van der Waals surface area contributed by atoms with Crippen molar-refractivity contribution in [2.45, 2.75) is 24.9 Å². The Morgan fingerprint density at radius 2 is 1.97 bits per heavy atom. The molecule has 32 heavy (non-hydrogen) atoms. The van der Waals surface area contributed by atoms with E-state index in [-0.39, 0.29) is 43.1 Å². The first kappa shape index (κ1) is 23.3. The van der Waals surface area contributed by atoms with Crippen LogP contribution < -0.4 is 15.4 Å². The number of aliphatic hydroxyl groups is 1. The molecule has 3 aromatic rings. The van der Waals surface area contributed by atoms with Gasteiger partial charge in [0.15, 0.2) is 5.16 Å². The molecule has 0 bridgehead atoms. The minimum atomic E-state index is -0.344. The number of carbonyl (C=O) groups is 2. The van der Waals surface area contributed by atoms with Gasteiger partial charge in [-0.25, -0.2) is 9.37 Å². The summed E-state index contributed by atoms with van der Waals surface area (Å²) in [5, 5.41) is 15.5. The van der Waals surface area contributed by atoms with E-state index in [1.807, 2.05) is 0 Å². The molecule has 0 unspecified atom stereocenters. The fraction of sp³-hybridized carbons (Fsp3) is 0.227. The number of ether oxygens (including phenoxy) is 1. The molecule has 1 aromatic heterocycles. The van der Waals surface area contributed by atoms with E-state index < -0.39 is 0 Å². The molecule has 8 nitrogen and oxygen atoms in total. The third-order valence-corrected chi connectivity index (χ3v) is 5.44. The molecule has 168 valence electrons. The topological polar surface area (TPSA) is 105 Å². The van der Waals surface area contributed by atoms with Gasteiger partial charge in [0.2, 0.25) is 11.8 Å². The van der Waals surface area contributed by atoms with Gasteiger partial charge < -0.3 is 25.0 Å². The number of methoxy groups -OCH3 is 1. The fourth-order valence-corrected chi connectivity index (χ4v) is 3.63. The van der Waals surface area contributed by atoms with E-state index in [2.05, 4.69) is 15.6 Å². The summed E-state index contributed by atoms with van der Waals surface area (Å²) in [5.41, 5.74) is 1.82. The number of halogens is 1. The summed E-state index contributed by atoms with van der Waals surface area (Å²) in [6.45, 7) is -0.126. The number of aromatic nitrogens is 2. The molecule has 0 aliphatic carbocycles. The highest BCUT2D eigenvalue weighted by Crippen LogP contribution is 2.21. The number of thioether (sulfide) groups is 1. The average molecular weight is 459 g/mol. The van der Waals surface area contributed by atoms with Crippen molar-refractivity contribution in [2.24, 2.45) is 0 Å².